The molecule has 4 aliphatic carbocycles. The van der Waals surface area contributed by atoms with Gasteiger partial charge in [0.15, 0.2) is 0 Å². The summed E-state index contributed by atoms with van der Waals surface area (Å²) >= 11 is 0. The van der Waals surface area contributed by atoms with Gasteiger partial charge in [0.2, 0.25) is 0 Å². The van der Waals surface area contributed by atoms with Crippen molar-refractivity contribution in [1.29, 1.82) is 0 Å². The third kappa shape index (κ3) is 3.71. The number of anilines is 1. The van der Waals surface area contributed by atoms with E-state index in [0.717, 1.165) is 34.9 Å². The van der Waals surface area contributed by atoms with Crippen LogP contribution in [0.1, 0.15) is 61.5 Å². The molecular formula is C27H30N4O2. The zero-order valence-corrected chi connectivity index (χ0v) is 19.0. The maximum absolute atomic E-state index is 12.6. The summed E-state index contributed by atoms with van der Waals surface area (Å²) in [6.07, 6.45) is 10.1. The standard InChI is InChI=1S/C27H30N4O2/c1-2-33-24-9-3-21(4-10-24)26(32)29-22-5-7-23(8-6-22)31-25(17-28-30-31)27-14-18-11-19(15-27)13-20(12-18)16-27/h3-10,17-20H,2,11-16H2,1H3,(H,29,32). The van der Waals surface area contributed by atoms with E-state index in [1.54, 1.807) is 12.1 Å². The lowest BCUT2D eigenvalue weighted by Crippen LogP contribution is -2.49. The van der Waals surface area contributed by atoms with Gasteiger partial charge in [-0.15, -0.1) is 5.10 Å². The second-order valence-electron chi connectivity index (χ2n) is 10.2. The highest BCUT2D eigenvalue weighted by Gasteiger charge is 2.53. The molecule has 0 spiro atoms. The number of nitrogens with one attached hydrogen (secondary N) is 1. The highest BCUT2D eigenvalue weighted by atomic mass is 16.5. The Morgan fingerprint density at radius 1 is 1.00 bits per heavy atom. The van der Waals surface area contributed by atoms with Gasteiger partial charge in [0.25, 0.3) is 5.91 Å². The Labute approximate surface area is 194 Å². The van der Waals surface area contributed by atoms with E-state index in [4.69, 9.17) is 4.74 Å². The Hall–Kier alpha value is -3.15. The summed E-state index contributed by atoms with van der Waals surface area (Å²) in [4.78, 5) is 12.6. The maximum atomic E-state index is 12.6. The molecule has 4 saturated carbocycles. The molecule has 1 heterocycles. The van der Waals surface area contributed by atoms with E-state index in [1.165, 1.54) is 44.2 Å². The molecule has 1 aromatic heterocycles. The Bertz CT molecular complexity index is 1110. The van der Waals surface area contributed by atoms with Crippen LogP contribution >= 0.6 is 0 Å². The monoisotopic (exact) mass is 442 g/mol. The smallest absolute Gasteiger partial charge is 0.255 e. The van der Waals surface area contributed by atoms with Crippen molar-refractivity contribution in [3.63, 3.8) is 0 Å². The molecule has 1 amide bonds. The summed E-state index contributed by atoms with van der Waals surface area (Å²) in [7, 11) is 0. The van der Waals surface area contributed by atoms with Crippen LogP contribution in [0.4, 0.5) is 5.69 Å². The van der Waals surface area contributed by atoms with Crippen LogP contribution < -0.4 is 10.1 Å². The van der Waals surface area contributed by atoms with E-state index in [-0.39, 0.29) is 11.3 Å². The van der Waals surface area contributed by atoms with E-state index in [0.29, 0.717) is 12.2 Å². The number of ether oxygens (including phenoxy) is 1. The van der Waals surface area contributed by atoms with Gasteiger partial charge in [0.05, 0.1) is 24.2 Å². The van der Waals surface area contributed by atoms with Crippen molar-refractivity contribution in [1.82, 2.24) is 15.0 Å². The van der Waals surface area contributed by atoms with Crippen molar-refractivity contribution < 1.29 is 9.53 Å². The number of carbonyl (C=O) groups is 1. The van der Waals surface area contributed by atoms with Gasteiger partial charge < -0.3 is 10.1 Å². The summed E-state index contributed by atoms with van der Waals surface area (Å²) in [5.74, 6) is 3.25. The largest absolute Gasteiger partial charge is 0.494 e. The molecule has 4 bridgehead atoms. The number of aromatic nitrogens is 3. The number of benzene rings is 2. The van der Waals surface area contributed by atoms with Gasteiger partial charge >= 0.3 is 0 Å². The Morgan fingerprint density at radius 2 is 1.64 bits per heavy atom. The van der Waals surface area contributed by atoms with E-state index in [1.807, 2.05) is 54.2 Å². The van der Waals surface area contributed by atoms with Crippen LogP contribution in [-0.4, -0.2) is 27.5 Å². The topological polar surface area (TPSA) is 69.0 Å². The molecule has 33 heavy (non-hydrogen) atoms. The number of hydrogen-bond donors (Lipinski definition) is 1. The summed E-state index contributed by atoms with van der Waals surface area (Å²) < 4.78 is 7.48. The molecular weight excluding hydrogens is 412 g/mol. The Kier molecular flexibility index (Phi) is 4.97. The predicted molar refractivity (Wildman–Crippen MR) is 127 cm³/mol. The van der Waals surface area contributed by atoms with E-state index >= 15 is 0 Å². The average Bonchev–Trinajstić information content (AvgIpc) is 3.30. The second-order valence-corrected chi connectivity index (χ2v) is 10.2. The van der Waals surface area contributed by atoms with Crippen molar-refractivity contribution in [2.75, 3.05) is 11.9 Å². The molecule has 0 aliphatic heterocycles. The van der Waals surface area contributed by atoms with Gasteiger partial charge in [0.1, 0.15) is 5.75 Å². The molecule has 4 aliphatic rings. The van der Waals surface area contributed by atoms with E-state index in [9.17, 15) is 4.79 Å². The SMILES string of the molecule is CCOc1ccc(C(=O)Nc2ccc(-n3nncc3C34CC5CC(CC(C5)C3)C4)cc2)cc1. The summed E-state index contributed by atoms with van der Waals surface area (Å²) in [6.45, 7) is 2.55. The van der Waals surface area contributed by atoms with Crippen LogP contribution in [0.2, 0.25) is 0 Å². The van der Waals surface area contributed by atoms with Gasteiger partial charge in [-0.1, -0.05) is 5.21 Å². The van der Waals surface area contributed by atoms with Crippen molar-refractivity contribution in [3.8, 4) is 11.4 Å². The zero-order valence-electron chi connectivity index (χ0n) is 19.0. The molecule has 6 nitrogen and oxygen atoms in total. The maximum Gasteiger partial charge on any atom is 0.255 e. The fourth-order valence-corrected chi connectivity index (χ4v) is 6.97. The zero-order chi connectivity index (χ0) is 22.4. The summed E-state index contributed by atoms with van der Waals surface area (Å²) in [5.41, 5.74) is 3.86. The number of hydrogen-bond acceptors (Lipinski definition) is 4. The quantitative estimate of drug-likeness (QED) is 0.556. The second kappa shape index (κ2) is 8.01. The van der Waals surface area contributed by atoms with E-state index in [2.05, 4.69) is 15.6 Å². The average molecular weight is 443 g/mol. The number of rotatable bonds is 6. The van der Waals surface area contributed by atoms with Crippen molar-refractivity contribution in [2.24, 2.45) is 17.8 Å². The first-order valence-corrected chi connectivity index (χ1v) is 12.2. The highest BCUT2D eigenvalue weighted by molar-refractivity contribution is 6.04. The third-order valence-electron chi connectivity index (χ3n) is 7.93. The number of amides is 1. The van der Waals surface area contributed by atoms with Gasteiger partial charge in [-0.25, -0.2) is 4.68 Å². The minimum absolute atomic E-state index is 0.138. The van der Waals surface area contributed by atoms with Crippen LogP contribution in [0, 0.1) is 17.8 Å². The van der Waals surface area contributed by atoms with Crippen molar-refractivity contribution >= 4 is 11.6 Å². The molecule has 3 aromatic rings. The third-order valence-corrected chi connectivity index (χ3v) is 7.93. The minimum Gasteiger partial charge on any atom is -0.494 e. The fraction of sp³-hybridized carbons (Fsp3) is 0.444. The summed E-state index contributed by atoms with van der Waals surface area (Å²) in [6, 6.07) is 15.1. The highest BCUT2D eigenvalue weighted by Crippen LogP contribution is 2.60. The molecule has 0 saturated heterocycles. The summed E-state index contributed by atoms with van der Waals surface area (Å²) in [5, 5.41) is 11.8. The number of nitrogens with zero attached hydrogens (tertiary/aromatic N) is 3. The first kappa shape index (κ1) is 20.5. The van der Waals surface area contributed by atoms with Gasteiger partial charge in [0, 0.05) is 16.7 Å². The Morgan fingerprint density at radius 3 is 2.24 bits per heavy atom. The van der Waals surface area contributed by atoms with Crippen LogP contribution in [-0.2, 0) is 5.41 Å². The molecule has 6 heteroatoms. The molecule has 2 aromatic carbocycles. The lowest BCUT2D eigenvalue weighted by molar-refractivity contribution is -0.00828. The minimum atomic E-state index is -0.138. The molecule has 4 fully saturated rings. The number of carbonyl (C=O) groups excluding carboxylic acids is 1. The lowest BCUT2D eigenvalue weighted by atomic mass is 9.49. The van der Waals surface area contributed by atoms with E-state index < -0.39 is 0 Å². The van der Waals surface area contributed by atoms with Gasteiger partial charge in [-0.2, -0.15) is 0 Å². The Balaban J connectivity index is 1.19. The molecule has 7 rings (SSSR count). The van der Waals surface area contributed by atoms with Crippen LogP contribution in [0.15, 0.2) is 54.7 Å². The van der Waals surface area contributed by atoms with Gasteiger partial charge in [-0.3, -0.25) is 4.79 Å². The molecule has 1 N–H and O–H groups in total. The van der Waals surface area contributed by atoms with Crippen LogP contribution in [0.3, 0.4) is 0 Å². The van der Waals surface area contributed by atoms with Gasteiger partial charge in [-0.05, 0) is 112 Å². The first-order chi connectivity index (χ1) is 16.1. The fourth-order valence-electron chi connectivity index (χ4n) is 6.97. The van der Waals surface area contributed by atoms with Crippen molar-refractivity contribution in [2.45, 2.75) is 50.9 Å². The van der Waals surface area contributed by atoms with Crippen LogP contribution in [0.5, 0.6) is 5.75 Å². The molecule has 0 atom stereocenters. The van der Waals surface area contributed by atoms with Crippen LogP contribution in [0.25, 0.3) is 5.69 Å². The lowest BCUT2D eigenvalue weighted by Gasteiger charge is -2.56. The molecule has 170 valence electrons. The molecule has 0 radical (unpaired) electrons. The van der Waals surface area contributed by atoms with Crippen molar-refractivity contribution in [3.05, 3.63) is 66.0 Å². The first-order valence-electron chi connectivity index (χ1n) is 12.2. The predicted octanol–water partition coefficient (Wildman–Crippen LogP) is 5.39. The normalized spacial score (nSPS) is 27.5. The molecule has 0 unspecified atom stereocenters.